The van der Waals surface area contributed by atoms with E-state index in [1.54, 1.807) is 0 Å². The van der Waals surface area contributed by atoms with Gasteiger partial charge in [0.1, 0.15) is 0 Å². The molecule has 13 heavy (non-hydrogen) atoms. The molecule has 1 aliphatic heterocycles. The van der Waals surface area contributed by atoms with E-state index in [4.69, 9.17) is 14.6 Å². The molecule has 0 bridgehead atoms. The Bertz CT molecular complexity index is 167. The summed E-state index contributed by atoms with van der Waals surface area (Å²) in [5.41, 5.74) is 0. The molecule has 0 amide bonds. The first-order valence-corrected chi connectivity index (χ1v) is 4.65. The smallest absolute Gasteiger partial charge is 0.303 e. The second-order valence-electron chi connectivity index (χ2n) is 3.22. The second kappa shape index (κ2) is 5.19. The number of carboxylic acid groups (broad SMARTS) is 1. The van der Waals surface area contributed by atoms with E-state index in [2.05, 4.69) is 0 Å². The largest absolute Gasteiger partial charge is 0.481 e. The van der Waals surface area contributed by atoms with Gasteiger partial charge in [0, 0.05) is 13.2 Å². The zero-order chi connectivity index (χ0) is 9.68. The summed E-state index contributed by atoms with van der Waals surface area (Å²) in [5.74, 6) is -0.636. The van der Waals surface area contributed by atoms with E-state index in [-0.39, 0.29) is 18.4 Å². The Balaban J connectivity index is 2.41. The van der Waals surface area contributed by atoms with Crippen LogP contribution in [0, 0.1) is 5.92 Å². The molecule has 4 heteroatoms. The number of rotatable bonds is 4. The summed E-state index contributed by atoms with van der Waals surface area (Å²) in [7, 11) is 0. The van der Waals surface area contributed by atoms with E-state index in [9.17, 15) is 4.79 Å². The lowest BCUT2D eigenvalue weighted by Gasteiger charge is -2.30. The standard InChI is InChI=1S/C9H16O4/c1-2-13-8-6-12-4-3-7(8)5-9(10)11/h7-8H,2-6H2,1H3,(H,10,11)/t7-,8+/m1/s1. The fourth-order valence-corrected chi connectivity index (χ4v) is 1.61. The van der Waals surface area contributed by atoms with Gasteiger partial charge in [-0.25, -0.2) is 0 Å². The Morgan fingerprint density at radius 3 is 3.08 bits per heavy atom. The van der Waals surface area contributed by atoms with Gasteiger partial charge >= 0.3 is 5.97 Å². The molecule has 0 aromatic carbocycles. The number of hydrogen-bond donors (Lipinski definition) is 1. The van der Waals surface area contributed by atoms with Gasteiger partial charge in [-0.1, -0.05) is 0 Å². The Morgan fingerprint density at radius 1 is 1.69 bits per heavy atom. The van der Waals surface area contributed by atoms with E-state index in [1.807, 2.05) is 6.92 Å². The third-order valence-electron chi connectivity index (χ3n) is 2.26. The average molecular weight is 188 g/mol. The first kappa shape index (κ1) is 10.5. The van der Waals surface area contributed by atoms with Crippen molar-refractivity contribution in [2.24, 2.45) is 5.92 Å². The van der Waals surface area contributed by atoms with E-state index < -0.39 is 5.97 Å². The number of hydrogen-bond acceptors (Lipinski definition) is 3. The van der Waals surface area contributed by atoms with Crippen LogP contribution in [-0.4, -0.2) is 37.0 Å². The highest BCUT2D eigenvalue weighted by Crippen LogP contribution is 2.21. The topological polar surface area (TPSA) is 55.8 Å². The van der Waals surface area contributed by atoms with Gasteiger partial charge in [0.15, 0.2) is 0 Å². The van der Waals surface area contributed by atoms with Gasteiger partial charge < -0.3 is 14.6 Å². The lowest BCUT2D eigenvalue weighted by Crippen LogP contribution is -2.36. The lowest BCUT2D eigenvalue weighted by molar-refractivity contribution is -0.143. The normalized spacial score (nSPS) is 28.7. The van der Waals surface area contributed by atoms with Crippen LogP contribution in [-0.2, 0) is 14.3 Å². The van der Waals surface area contributed by atoms with Crippen molar-refractivity contribution in [3.8, 4) is 0 Å². The summed E-state index contributed by atoms with van der Waals surface area (Å²) in [4.78, 5) is 10.5. The van der Waals surface area contributed by atoms with Crippen molar-refractivity contribution in [2.45, 2.75) is 25.9 Å². The molecular formula is C9H16O4. The molecule has 0 saturated carbocycles. The molecule has 1 saturated heterocycles. The number of aliphatic carboxylic acids is 1. The summed E-state index contributed by atoms with van der Waals surface area (Å²) in [6, 6.07) is 0. The molecule has 0 aromatic rings. The molecule has 0 spiro atoms. The fraction of sp³-hybridized carbons (Fsp3) is 0.889. The summed E-state index contributed by atoms with van der Waals surface area (Å²) in [6.45, 7) is 3.71. The predicted octanol–water partition coefficient (Wildman–Crippen LogP) is 0.903. The quantitative estimate of drug-likeness (QED) is 0.712. The maximum absolute atomic E-state index is 10.5. The van der Waals surface area contributed by atoms with Gasteiger partial charge in [-0.15, -0.1) is 0 Å². The molecule has 4 nitrogen and oxygen atoms in total. The monoisotopic (exact) mass is 188 g/mol. The van der Waals surface area contributed by atoms with Crippen LogP contribution in [0.1, 0.15) is 19.8 Å². The Kier molecular flexibility index (Phi) is 4.18. The van der Waals surface area contributed by atoms with Gasteiger partial charge in [0.05, 0.1) is 19.1 Å². The van der Waals surface area contributed by atoms with Crippen LogP contribution < -0.4 is 0 Å². The predicted molar refractivity (Wildman–Crippen MR) is 46.6 cm³/mol. The van der Waals surface area contributed by atoms with E-state index >= 15 is 0 Å². The van der Waals surface area contributed by atoms with Crippen molar-refractivity contribution >= 4 is 5.97 Å². The zero-order valence-corrected chi connectivity index (χ0v) is 7.86. The van der Waals surface area contributed by atoms with Crippen molar-refractivity contribution in [3.63, 3.8) is 0 Å². The molecular weight excluding hydrogens is 172 g/mol. The Hall–Kier alpha value is -0.610. The SMILES string of the molecule is CCO[C@H]1COCC[C@@H]1CC(=O)O. The highest BCUT2D eigenvalue weighted by Gasteiger charge is 2.27. The minimum Gasteiger partial charge on any atom is -0.481 e. The van der Waals surface area contributed by atoms with Crippen LogP contribution in [0.3, 0.4) is 0 Å². The highest BCUT2D eigenvalue weighted by molar-refractivity contribution is 5.67. The van der Waals surface area contributed by atoms with Crippen LogP contribution in [0.25, 0.3) is 0 Å². The molecule has 1 aliphatic rings. The molecule has 0 unspecified atom stereocenters. The van der Waals surface area contributed by atoms with E-state index in [1.165, 1.54) is 0 Å². The van der Waals surface area contributed by atoms with Crippen LogP contribution >= 0.6 is 0 Å². The summed E-state index contributed by atoms with van der Waals surface area (Å²) in [6.07, 6.45) is 0.945. The van der Waals surface area contributed by atoms with Crippen LogP contribution in [0.4, 0.5) is 0 Å². The average Bonchev–Trinajstić information content (AvgIpc) is 2.08. The molecule has 0 aliphatic carbocycles. The Labute approximate surface area is 77.8 Å². The first-order valence-electron chi connectivity index (χ1n) is 4.65. The number of carboxylic acids is 1. The Morgan fingerprint density at radius 2 is 2.46 bits per heavy atom. The van der Waals surface area contributed by atoms with Crippen LogP contribution in [0.15, 0.2) is 0 Å². The zero-order valence-electron chi connectivity index (χ0n) is 7.86. The van der Waals surface area contributed by atoms with Crippen molar-refractivity contribution < 1.29 is 19.4 Å². The van der Waals surface area contributed by atoms with Crippen molar-refractivity contribution in [2.75, 3.05) is 19.8 Å². The third-order valence-corrected chi connectivity index (χ3v) is 2.26. The molecule has 0 aromatic heterocycles. The highest BCUT2D eigenvalue weighted by atomic mass is 16.5. The summed E-state index contributed by atoms with van der Waals surface area (Å²) < 4.78 is 10.6. The summed E-state index contributed by atoms with van der Waals surface area (Å²) >= 11 is 0. The van der Waals surface area contributed by atoms with Gasteiger partial charge in [-0.3, -0.25) is 4.79 Å². The number of ether oxygens (including phenoxy) is 2. The van der Waals surface area contributed by atoms with Crippen LogP contribution in [0.2, 0.25) is 0 Å². The fourth-order valence-electron chi connectivity index (χ4n) is 1.61. The molecule has 1 N–H and O–H groups in total. The van der Waals surface area contributed by atoms with Gasteiger partial charge in [-0.05, 0) is 19.3 Å². The van der Waals surface area contributed by atoms with E-state index in [0.29, 0.717) is 19.8 Å². The van der Waals surface area contributed by atoms with Gasteiger partial charge in [-0.2, -0.15) is 0 Å². The van der Waals surface area contributed by atoms with Gasteiger partial charge in [0.2, 0.25) is 0 Å². The molecule has 2 atom stereocenters. The van der Waals surface area contributed by atoms with Crippen molar-refractivity contribution in [1.29, 1.82) is 0 Å². The van der Waals surface area contributed by atoms with Crippen molar-refractivity contribution in [1.82, 2.24) is 0 Å². The molecule has 1 rings (SSSR count). The number of carbonyl (C=O) groups is 1. The maximum atomic E-state index is 10.5. The minimum absolute atomic E-state index is 0.0325. The van der Waals surface area contributed by atoms with Crippen molar-refractivity contribution in [3.05, 3.63) is 0 Å². The summed E-state index contributed by atoms with van der Waals surface area (Å²) in [5, 5.41) is 8.66. The van der Waals surface area contributed by atoms with Gasteiger partial charge in [0.25, 0.3) is 0 Å². The van der Waals surface area contributed by atoms with Crippen LogP contribution in [0.5, 0.6) is 0 Å². The molecule has 0 radical (unpaired) electrons. The second-order valence-corrected chi connectivity index (χ2v) is 3.22. The maximum Gasteiger partial charge on any atom is 0.303 e. The first-order chi connectivity index (χ1) is 6.24. The minimum atomic E-state index is -0.753. The molecule has 1 heterocycles. The molecule has 76 valence electrons. The third kappa shape index (κ3) is 3.32. The van der Waals surface area contributed by atoms with E-state index in [0.717, 1.165) is 6.42 Å². The molecule has 1 fully saturated rings. The lowest BCUT2D eigenvalue weighted by atomic mass is 9.94.